The molecule has 19 heavy (non-hydrogen) atoms. The fourth-order valence-corrected chi connectivity index (χ4v) is 3.18. The van der Waals surface area contributed by atoms with Crippen LogP contribution in [-0.2, 0) is 13.1 Å². The highest BCUT2D eigenvalue weighted by Crippen LogP contribution is 2.33. The predicted octanol–water partition coefficient (Wildman–Crippen LogP) is 2.89. The van der Waals surface area contributed by atoms with Crippen LogP contribution in [0.2, 0.25) is 5.02 Å². The molecule has 2 aromatic rings. The number of nitrogens with zero attached hydrogens (tertiary/aromatic N) is 3. The minimum atomic E-state index is 0.647. The Bertz CT molecular complexity index is 574. The van der Waals surface area contributed by atoms with Gasteiger partial charge in [-0.1, -0.05) is 17.7 Å². The molecule has 0 saturated carbocycles. The lowest BCUT2D eigenvalue weighted by Crippen LogP contribution is -2.25. The molecule has 1 aliphatic rings. The molecule has 0 unspecified atom stereocenters. The number of halogens is 1. The average Bonchev–Trinajstić information content (AvgIpc) is 2.76. The molecule has 3 rings (SSSR count). The molecule has 0 atom stereocenters. The molecule has 0 aliphatic carbocycles. The number of aryl methyl sites for hydroxylation is 1. The van der Waals surface area contributed by atoms with Gasteiger partial charge in [0, 0.05) is 18.7 Å². The zero-order chi connectivity index (χ0) is 13.2. The van der Waals surface area contributed by atoms with Crippen LogP contribution in [0.5, 0.6) is 5.75 Å². The topological polar surface area (TPSA) is 38.2 Å². The monoisotopic (exact) mass is 295 g/mol. The van der Waals surface area contributed by atoms with Gasteiger partial charge in [-0.25, -0.2) is 0 Å². The fraction of sp³-hybridized carbons (Fsp3) is 0.385. The maximum atomic E-state index is 6.25. The Labute approximate surface area is 121 Å². The molecule has 6 heteroatoms. The second kappa shape index (κ2) is 5.45. The van der Waals surface area contributed by atoms with Crippen LogP contribution in [0.1, 0.15) is 16.1 Å². The Hall–Kier alpha value is -1.17. The quantitative estimate of drug-likeness (QED) is 0.854. The summed E-state index contributed by atoms with van der Waals surface area (Å²) in [5.41, 5.74) is 4.07. The summed E-state index contributed by atoms with van der Waals surface area (Å²) in [6.45, 7) is 5.19. The lowest BCUT2D eigenvalue weighted by atomic mass is 10.1. The zero-order valence-electron chi connectivity index (χ0n) is 10.6. The molecular weight excluding hydrogens is 282 g/mol. The summed E-state index contributed by atoms with van der Waals surface area (Å²) in [5, 5.41) is 9.70. The first-order valence-corrected chi connectivity index (χ1v) is 7.37. The second-order valence-corrected chi connectivity index (χ2v) is 5.95. The van der Waals surface area contributed by atoms with Crippen molar-refractivity contribution in [1.82, 2.24) is 15.1 Å². The Kier molecular flexibility index (Phi) is 3.68. The summed E-state index contributed by atoms with van der Waals surface area (Å²) in [7, 11) is 0. The van der Waals surface area contributed by atoms with Gasteiger partial charge in [-0.15, -0.1) is 21.5 Å². The number of benzene rings is 1. The number of hydrogen-bond acceptors (Lipinski definition) is 5. The van der Waals surface area contributed by atoms with Gasteiger partial charge in [0.15, 0.2) is 0 Å². The first-order chi connectivity index (χ1) is 9.22. The maximum absolute atomic E-state index is 6.25. The summed E-state index contributed by atoms with van der Waals surface area (Å²) < 4.78 is 5.78. The van der Waals surface area contributed by atoms with Crippen molar-refractivity contribution in [2.24, 2.45) is 0 Å². The number of rotatable bonds is 2. The molecule has 1 aromatic carbocycles. The van der Waals surface area contributed by atoms with Crippen LogP contribution in [0.4, 0.5) is 0 Å². The van der Waals surface area contributed by atoms with Crippen molar-refractivity contribution in [3.8, 4) is 5.75 Å². The van der Waals surface area contributed by atoms with Gasteiger partial charge >= 0.3 is 0 Å². The van der Waals surface area contributed by atoms with Crippen molar-refractivity contribution in [1.29, 1.82) is 0 Å². The Morgan fingerprint density at radius 2 is 2.37 bits per heavy atom. The SMILES string of the molecule is Cc1cc(Cl)c2c(c1)CN(Cc1nncs1)CCO2. The van der Waals surface area contributed by atoms with Gasteiger partial charge in [0.2, 0.25) is 0 Å². The van der Waals surface area contributed by atoms with E-state index in [4.69, 9.17) is 16.3 Å². The Morgan fingerprint density at radius 3 is 3.16 bits per heavy atom. The first-order valence-electron chi connectivity index (χ1n) is 6.11. The minimum Gasteiger partial charge on any atom is -0.490 e. The zero-order valence-corrected chi connectivity index (χ0v) is 12.2. The average molecular weight is 296 g/mol. The van der Waals surface area contributed by atoms with Gasteiger partial charge in [0.25, 0.3) is 0 Å². The molecule has 1 aliphatic heterocycles. The van der Waals surface area contributed by atoms with E-state index in [0.29, 0.717) is 11.6 Å². The molecule has 4 nitrogen and oxygen atoms in total. The molecular formula is C13H14ClN3OS. The van der Waals surface area contributed by atoms with E-state index >= 15 is 0 Å². The van der Waals surface area contributed by atoms with Gasteiger partial charge < -0.3 is 4.74 Å². The molecule has 1 aromatic heterocycles. The van der Waals surface area contributed by atoms with E-state index in [1.807, 2.05) is 13.0 Å². The van der Waals surface area contributed by atoms with E-state index in [1.54, 1.807) is 16.8 Å². The highest BCUT2D eigenvalue weighted by molar-refractivity contribution is 7.09. The van der Waals surface area contributed by atoms with Gasteiger partial charge in [-0.05, 0) is 18.6 Å². The molecule has 0 bridgehead atoms. The third-order valence-corrected chi connectivity index (χ3v) is 4.04. The van der Waals surface area contributed by atoms with Gasteiger partial charge in [0.1, 0.15) is 22.9 Å². The molecule has 2 heterocycles. The number of fused-ring (bicyclic) bond motifs is 1. The largest absolute Gasteiger partial charge is 0.490 e. The van der Waals surface area contributed by atoms with E-state index < -0.39 is 0 Å². The molecule has 0 saturated heterocycles. The van der Waals surface area contributed by atoms with Crippen LogP contribution in [0.25, 0.3) is 0 Å². The molecule has 0 fully saturated rings. The van der Waals surface area contributed by atoms with Crippen molar-refractivity contribution in [3.05, 3.63) is 38.8 Å². The standard InChI is InChI=1S/C13H14ClN3OS/c1-9-4-10-6-17(7-12-16-15-8-19-12)2-3-18-13(10)11(14)5-9/h4-5,8H,2-3,6-7H2,1H3. The van der Waals surface area contributed by atoms with E-state index in [9.17, 15) is 0 Å². The third kappa shape index (κ3) is 2.88. The molecule has 0 N–H and O–H groups in total. The van der Waals surface area contributed by atoms with Crippen molar-refractivity contribution in [2.75, 3.05) is 13.2 Å². The number of aromatic nitrogens is 2. The van der Waals surface area contributed by atoms with Crippen molar-refractivity contribution < 1.29 is 4.74 Å². The van der Waals surface area contributed by atoms with E-state index in [0.717, 1.165) is 41.5 Å². The summed E-state index contributed by atoms with van der Waals surface area (Å²) in [6, 6.07) is 4.08. The lowest BCUT2D eigenvalue weighted by Gasteiger charge is -2.17. The normalized spacial score (nSPS) is 15.7. The maximum Gasteiger partial charge on any atom is 0.142 e. The predicted molar refractivity (Wildman–Crippen MR) is 75.7 cm³/mol. The second-order valence-electron chi connectivity index (χ2n) is 4.63. The Morgan fingerprint density at radius 1 is 1.47 bits per heavy atom. The minimum absolute atomic E-state index is 0.647. The molecule has 0 amide bonds. The molecule has 0 spiro atoms. The van der Waals surface area contributed by atoms with Crippen molar-refractivity contribution >= 4 is 22.9 Å². The van der Waals surface area contributed by atoms with E-state index in [1.165, 1.54) is 0 Å². The van der Waals surface area contributed by atoms with Gasteiger partial charge in [0.05, 0.1) is 11.6 Å². The molecule has 100 valence electrons. The van der Waals surface area contributed by atoms with Crippen molar-refractivity contribution in [2.45, 2.75) is 20.0 Å². The summed E-state index contributed by atoms with van der Waals surface area (Å²) in [4.78, 5) is 2.31. The van der Waals surface area contributed by atoms with Crippen molar-refractivity contribution in [3.63, 3.8) is 0 Å². The van der Waals surface area contributed by atoms with Crippen LogP contribution in [0.15, 0.2) is 17.6 Å². The first kappa shape index (κ1) is 12.8. The summed E-state index contributed by atoms with van der Waals surface area (Å²) >= 11 is 7.83. The van der Waals surface area contributed by atoms with Crippen LogP contribution in [-0.4, -0.2) is 28.2 Å². The van der Waals surface area contributed by atoms with E-state index in [-0.39, 0.29) is 0 Å². The van der Waals surface area contributed by atoms with Crippen LogP contribution in [0.3, 0.4) is 0 Å². The number of hydrogen-bond donors (Lipinski definition) is 0. The highest BCUT2D eigenvalue weighted by atomic mass is 35.5. The third-order valence-electron chi connectivity index (χ3n) is 3.08. The van der Waals surface area contributed by atoms with Gasteiger partial charge in [-0.3, -0.25) is 4.90 Å². The summed E-state index contributed by atoms with van der Waals surface area (Å²) in [6.07, 6.45) is 0. The summed E-state index contributed by atoms with van der Waals surface area (Å²) in [5.74, 6) is 0.826. The van der Waals surface area contributed by atoms with E-state index in [2.05, 4.69) is 21.2 Å². The van der Waals surface area contributed by atoms with Gasteiger partial charge in [-0.2, -0.15) is 0 Å². The highest BCUT2D eigenvalue weighted by Gasteiger charge is 2.19. The molecule has 0 radical (unpaired) electrons. The smallest absolute Gasteiger partial charge is 0.142 e. The van der Waals surface area contributed by atoms with Crippen LogP contribution < -0.4 is 4.74 Å². The lowest BCUT2D eigenvalue weighted by molar-refractivity contribution is 0.219. The van der Waals surface area contributed by atoms with Crippen LogP contribution in [0, 0.1) is 6.92 Å². The van der Waals surface area contributed by atoms with Crippen LogP contribution >= 0.6 is 22.9 Å². The number of ether oxygens (including phenoxy) is 1. The fourth-order valence-electron chi connectivity index (χ4n) is 2.27. The Balaban J connectivity index is 1.84.